The summed E-state index contributed by atoms with van der Waals surface area (Å²) in [7, 11) is 0. The van der Waals surface area contributed by atoms with Crippen molar-refractivity contribution in [3.05, 3.63) is 45.1 Å². The van der Waals surface area contributed by atoms with Crippen LogP contribution >= 0.6 is 34.5 Å². The molecular weight excluding hydrogens is 282 g/mol. The Kier molecular flexibility index (Phi) is 3.86. The summed E-state index contributed by atoms with van der Waals surface area (Å²) in [6, 6.07) is 2.54. The molecule has 1 heterocycles. The summed E-state index contributed by atoms with van der Waals surface area (Å²) < 4.78 is 13.4. The Balaban J connectivity index is 2.30. The van der Waals surface area contributed by atoms with E-state index in [1.165, 1.54) is 23.5 Å². The lowest BCUT2D eigenvalue weighted by Crippen LogP contribution is -2.08. The zero-order chi connectivity index (χ0) is 12.4. The number of benzene rings is 1. The molecule has 0 aliphatic heterocycles. The van der Waals surface area contributed by atoms with Crippen molar-refractivity contribution in [3.8, 4) is 0 Å². The van der Waals surface area contributed by atoms with Crippen LogP contribution in [0.4, 0.5) is 9.52 Å². The molecule has 1 atom stereocenters. The predicted octanol–water partition coefficient (Wildman–Crippen LogP) is 4.76. The first-order valence-corrected chi connectivity index (χ1v) is 6.52. The zero-order valence-corrected chi connectivity index (χ0v) is 11.2. The van der Waals surface area contributed by atoms with E-state index in [2.05, 4.69) is 10.3 Å². The van der Waals surface area contributed by atoms with E-state index in [-0.39, 0.29) is 11.1 Å². The van der Waals surface area contributed by atoms with Gasteiger partial charge < -0.3 is 5.32 Å². The van der Waals surface area contributed by atoms with Crippen LogP contribution in [0, 0.1) is 5.82 Å². The lowest BCUT2D eigenvalue weighted by molar-refractivity contribution is 0.624. The fourth-order valence-electron chi connectivity index (χ4n) is 1.49. The van der Waals surface area contributed by atoms with Crippen LogP contribution in [0.5, 0.6) is 0 Å². The van der Waals surface area contributed by atoms with Crippen LogP contribution in [0.15, 0.2) is 23.7 Å². The van der Waals surface area contributed by atoms with Crippen LogP contribution in [0.1, 0.15) is 18.5 Å². The maximum atomic E-state index is 13.4. The molecule has 2 nitrogen and oxygen atoms in total. The highest BCUT2D eigenvalue weighted by Gasteiger charge is 2.17. The monoisotopic (exact) mass is 290 g/mol. The van der Waals surface area contributed by atoms with Crippen molar-refractivity contribution in [1.82, 2.24) is 4.98 Å². The molecule has 1 unspecified atom stereocenters. The third kappa shape index (κ3) is 2.70. The van der Waals surface area contributed by atoms with Crippen molar-refractivity contribution in [2.24, 2.45) is 0 Å². The fraction of sp³-hybridized carbons (Fsp3) is 0.182. The summed E-state index contributed by atoms with van der Waals surface area (Å²) in [4.78, 5) is 4.09. The van der Waals surface area contributed by atoms with E-state index in [4.69, 9.17) is 23.2 Å². The number of rotatable bonds is 3. The molecule has 2 aromatic rings. The number of halogens is 3. The van der Waals surface area contributed by atoms with E-state index in [0.717, 1.165) is 5.13 Å². The molecule has 0 fully saturated rings. The molecule has 2 rings (SSSR count). The van der Waals surface area contributed by atoms with E-state index in [1.807, 2.05) is 12.3 Å². The minimum atomic E-state index is -0.473. The van der Waals surface area contributed by atoms with Gasteiger partial charge in [0, 0.05) is 22.2 Å². The molecule has 0 saturated carbocycles. The molecule has 0 aliphatic rings. The zero-order valence-electron chi connectivity index (χ0n) is 8.88. The van der Waals surface area contributed by atoms with E-state index in [9.17, 15) is 4.39 Å². The molecule has 0 saturated heterocycles. The molecule has 0 bridgehead atoms. The standard InChI is InChI=1S/C11H9Cl2FN2S/c1-6(16-11-15-4-5-17-11)9-7(12)2-3-8(14)10(9)13/h2-6H,1H3,(H,15,16). The van der Waals surface area contributed by atoms with Gasteiger partial charge in [0.1, 0.15) is 5.82 Å². The number of nitrogens with one attached hydrogen (secondary N) is 1. The molecule has 17 heavy (non-hydrogen) atoms. The Bertz CT molecular complexity index is 516. The van der Waals surface area contributed by atoms with Gasteiger partial charge >= 0.3 is 0 Å². The smallest absolute Gasteiger partial charge is 0.183 e. The normalized spacial score (nSPS) is 12.5. The first-order valence-electron chi connectivity index (χ1n) is 4.89. The van der Waals surface area contributed by atoms with Crippen LogP contribution in [0.25, 0.3) is 0 Å². The molecular formula is C11H9Cl2FN2S. The Morgan fingerprint density at radius 3 is 2.82 bits per heavy atom. The summed E-state index contributed by atoms with van der Waals surface area (Å²) in [5.41, 5.74) is 0.545. The highest BCUT2D eigenvalue weighted by Crippen LogP contribution is 2.34. The fourth-order valence-corrected chi connectivity index (χ4v) is 2.81. The summed E-state index contributed by atoms with van der Waals surface area (Å²) in [5.74, 6) is -0.473. The first kappa shape index (κ1) is 12.6. The highest BCUT2D eigenvalue weighted by atomic mass is 35.5. The van der Waals surface area contributed by atoms with Gasteiger partial charge in [-0.1, -0.05) is 23.2 Å². The number of thiazole rings is 1. The number of anilines is 1. The lowest BCUT2D eigenvalue weighted by Gasteiger charge is -2.16. The first-order chi connectivity index (χ1) is 8.09. The summed E-state index contributed by atoms with van der Waals surface area (Å²) >= 11 is 13.4. The SMILES string of the molecule is CC(Nc1nccs1)c1c(Cl)ccc(F)c1Cl. The molecule has 6 heteroatoms. The molecule has 90 valence electrons. The van der Waals surface area contributed by atoms with Crippen LogP contribution < -0.4 is 5.32 Å². The van der Waals surface area contributed by atoms with Crippen molar-refractivity contribution in [2.75, 3.05) is 5.32 Å². The van der Waals surface area contributed by atoms with Crippen LogP contribution in [0.2, 0.25) is 10.0 Å². The highest BCUT2D eigenvalue weighted by molar-refractivity contribution is 7.13. The van der Waals surface area contributed by atoms with Crippen molar-refractivity contribution in [2.45, 2.75) is 13.0 Å². The number of aromatic nitrogens is 1. The predicted molar refractivity (Wildman–Crippen MR) is 70.6 cm³/mol. The molecule has 0 amide bonds. The van der Waals surface area contributed by atoms with Gasteiger partial charge in [-0.3, -0.25) is 0 Å². The largest absolute Gasteiger partial charge is 0.355 e. The number of nitrogens with zero attached hydrogens (tertiary/aromatic N) is 1. The molecule has 1 N–H and O–H groups in total. The maximum Gasteiger partial charge on any atom is 0.183 e. The van der Waals surface area contributed by atoms with Crippen LogP contribution in [-0.4, -0.2) is 4.98 Å². The summed E-state index contributed by atoms with van der Waals surface area (Å²) in [6.45, 7) is 1.86. The van der Waals surface area contributed by atoms with Crippen LogP contribution in [-0.2, 0) is 0 Å². The van der Waals surface area contributed by atoms with Gasteiger partial charge in [-0.15, -0.1) is 11.3 Å². The third-order valence-corrected chi connectivity index (χ3v) is 3.70. The van der Waals surface area contributed by atoms with Gasteiger partial charge in [-0.05, 0) is 19.1 Å². The molecule has 0 aliphatic carbocycles. The second kappa shape index (κ2) is 5.21. The van der Waals surface area contributed by atoms with E-state index < -0.39 is 5.82 Å². The number of hydrogen-bond donors (Lipinski definition) is 1. The second-order valence-corrected chi connectivity index (χ2v) is 5.14. The summed E-state index contributed by atoms with van der Waals surface area (Å²) in [5, 5.41) is 6.20. The average molecular weight is 291 g/mol. The van der Waals surface area contributed by atoms with Gasteiger partial charge in [0.15, 0.2) is 5.13 Å². The van der Waals surface area contributed by atoms with Gasteiger partial charge in [-0.25, -0.2) is 9.37 Å². The van der Waals surface area contributed by atoms with Crippen molar-refractivity contribution >= 4 is 39.7 Å². The summed E-state index contributed by atoms with van der Waals surface area (Å²) in [6.07, 6.45) is 1.69. The Labute approximate surface area is 112 Å². The Hall–Kier alpha value is -0.840. The van der Waals surface area contributed by atoms with Crippen LogP contribution in [0.3, 0.4) is 0 Å². The van der Waals surface area contributed by atoms with Gasteiger partial charge in [-0.2, -0.15) is 0 Å². The lowest BCUT2D eigenvalue weighted by atomic mass is 10.1. The maximum absolute atomic E-state index is 13.4. The molecule has 0 spiro atoms. The molecule has 1 aromatic carbocycles. The molecule has 1 aromatic heterocycles. The van der Waals surface area contributed by atoms with E-state index >= 15 is 0 Å². The van der Waals surface area contributed by atoms with Crippen molar-refractivity contribution in [1.29, 1.82) is 0 Å². The van der Waals surface area contributed by atoms with E-state index in [1.54, 1.807) is 6.20 Å². The minimum Gasteiger partial charge on any atom is -0.355 e. The van der Waals surface area contributed by atoms with Gasteiger partial charge in [0.2, 0.25) is 0 Å². The topological polar surface area (TPSA) is 24.9 Å². The minimum absolute atomic E-state index is 0.0501. The van der Waals surface area contributed by atoms with Gasteiger partial charge in [0.25, 0.3) is 0 Å². The van der Waals surface area contributed by atoms with E-state index in [0.29, 0.717) is 10.6 Å². The average Bonchev–Trinajstić information content (AvgIpc) is 2.77. The van der Waals surface area contributed by atoms with Crippen molar-refractivity contribution in [3.63, 3.8) is 0 Å². The quantitative estimate of drug-likeness (QED) is 0.824. The Morgan fingerprint density at radius 1 is 1.41 bits per heavy atom. The second-order valence-electron chi connectivity index (χ2n) is 3.46. The van der Waals surface area contributed by atoms with Crippen molar-refractivity contribution < 1.29 is 4.39 Å². The third-order valence-electron chi connectivity index (χ3n) is 2.28. The number of hydrogen-bond acceptors (Lipinski definition) is 3. The van der Waals surface area contributed by atoms with Gasteiger partial charge in [0.05, 0.1) is 11.1 Å². The Morgan fingerprint density at radius 2 is 2.18 bits per heavy atom. The molecule has 0 radical (unpaired) electrons.